The van der Waals surface area contributed by atoms with Crippen LogP contribution in [0, 0.1) is 27.1 Å². The summed E-state index contributed by atoms with van der Waals surface area (Å²) in [6, 6.07) is -1.67. The molecule has 0 unspecified atom stereocenters. The Hall–Kier alpha value is -3.55. The molecule has 0 radical (unpaired) electrons. The molecule has 0 bridgehead atoms. The van der Waals surface area contributed by atoms with Gasteiger partial charge in [-0.05, 0) is 115 Å². The molecule has 0 heterocycles. The Labute approximate surface area is 343 Å². The number of rotatable bonds is 23. The highest BCUT2D eigenvalue weighted by Crippen LogP contribution is 2.36. The molecule has 14 heteroatoms. The fourth-order valence-electron chi connectivity index (χ4n) is 6.92. The van der Waals surface area contributed by atoms with Gasteiger partial charge in [-0.1, -0.05) is 48.5 Å². The van der Waals surface area contributed by atoms with Gasteiger partial charge in [-0.2, -0.15) is 0 Å². The standard InChI is InChI=1S/C43H79N5O9/c1-36(2,3)30(50)27(46-37(4,5)6)21-19-20-24-44-34(55)42(15,16)43(17,18)48-33(54)39(9,10)26-41(13,14)47-29(49)23-22-28(31(51)52)45-32(53)38(7,8)25-40(11,12)35(56)57/h27-28,46H,19-26H2,1-18H3,(H,44,55)(H,45,53)(H,47,49)(H,48,54)(H,51,52)(H,56,57)/t27-,28-/m0/s1. The van der Waals surface area contributed by atoms with Crippen molar-refractivity contribution < 1.29 is 43.8 Å². The molecule has 57 heavy (non-hydrogen) atoms. The van der Waals surface area contributed by atoms with E-state index in [0.717, 1.165) is 6.42 Å². The largest absolute Gasteiger partial charge is 0.481 e. The molecule has 0 spiro atoms. The third kappa shape index (κ3) is 17.5. The lowest BCUT2D eigenvalue weighted by Crippen LogP contribution is -2.62. The maximum Gasteiger partial charge on any atom is 0.326 e. The van der Waals surface area contributed by atoms with Gasteiger partial charge < -0.3 is 36.8 Å². The number of unbranched alkanes of at least 4 members (excludes halogenated alkanes) is 1. The molecule has 7 N–H and O–H groups in total. The van der Waals surface area contributed by atoms with Crippen molar-refractivity contribution in [2.45, 2.75) is 198 Å². The minimum Gasteiger partial charge on any atom is -0.481 e. The fourth-order valence-corrected chi connectivity index (χ4v) is 6.92. The molecule has 0 aliphatic heterocycles. The number of hydrogen-bond acceptors (Lipinski definition) is 8. The Morgan fingerprint density at radius 1 is 0.561 bits per heavy atom. The summed E-state index contributed by atoms with van der Waals surface area (Å²) in [6.07, 6.45) is 1.80. The monoisotopic (exact) mass is 810 g/mol. The Morgan fingerprint density at radius 3 is 1.53 bits per heavy atom. The number of nitrogens with one attached hydrogen (secondary N) is 5. The summed E-state index contributed by atoms with van der Waals surface area (Å²) in [5, 5.41) is 34.1. The van der Waals surface area contributed by atoms with E-state index in [1.807, 2.05) is 41.5 Å². The lowest BCUT2D eigenvalue weighted by atomic mass is 9.72. The summed E-state index contributed by atoms with van der Waals surface area (Å²) in [5.41, 5.74) is -7.01. The predicted octanol–water partition coefficient (Wildman–Crippen LogP) is 5.75. The maximum atomic E-state index is 13.8. The molecule has 0 rings (SSSR count). The number of carbonyl (C=O) groups is 7. The summed E-state index contributed by atoms with van der Waals surface area (Å²) in [7, 11) is 0. The molecule has 0 fully saturated rings. The minimum atomic E-state index is -1.38. The molecular weight excluding hydrogens is 730 g/mol. The average molecular weight is 810 g/mol. The van der Waals surface area contributed by atoms with Gasteiger partial charge in [0.1, 0.15) is 6.04 Å². The van der Waals surface area contributed by atoms with Gasteiger partial charge in [0.25, 0.3) is 0 Å². The van der Waals surface area contributed by atoms with Crippen LogP contribution in [0.4, 0.5) is 0 Å². The highest BCUT2D eigenvalue weighted by molar-refractivity contribution is 5.90. The zero-order chi connectivity index (χ0) is 45.4. The molecular formula is C43H79N5O9. The molecule has 0 aromatic heterocycles. The minimum absolute atomic E-state index is 0.0346. The van der Waals surface area contributed by atoms with Crippen LogP contribution in [0.3, 0.4) is 0 Å². The topological polar surface area (TPSA) is 220 Å². The van der Waals surface area contributed by atoms with E-state index in [1.165, 1.54) is 13.8 Å². The molecule has 0 aromatic carbocycles. The van der Waals surface area contributed by atoms with Gasteiger partial charge in [0.05, 0.1) is 16.9 Å². The number of amides is 4. The van der Waals surface area contributed by atoms with E-state index in [0.29, 0.717) is 19.4 Å². The number of hydrogen-bond donors (Lipinski definition) is 7. The van der Waals surface area contributed by atoms with Gasteiger partial charge in [-0.3, -0.25) is 28.8 Å². The van der Waals surface area contributed by atoms with Crippen molar-refractivity contribution in [3.8, 4) is 0 Å². The van der Waals surface area contributed by atoms with E-state index in [2.05, 4.69) is 26.6 Å². The zero-order valence-corrected chi connectivity index (χ0v) is 38.6. The number of Topliss-reactive ketones (excluding diaryl/α,β-unsaturated/α-hetero) is 1. The SMILES string of the molecule is CC(C)(C)N[C@@H](CCCCNC(=O)C(C)(C)C(C)(C)NC(=O)C(C)(C)CC(C)(C)NC(=O)CC[C@H](NC(=O)C(C)(C)CC(C)(C)C(=O)O)C(=O)O)C(=O)C(C)(C)C. The third-order valence-electron chi connectivity index (χ3n) is 10.7. The molecule has 0 aliphatic carbocycles. The second-order valence-corrected chi connectivity index (χ2v) is 21.7. The fraction of sp³-hybridized carbons (Fsp3) is 0.837. The Balaban J connectivity index is 5.39. The van der Waals surface area contributed by atoms with Gasteiger partial charge in [0.15, 0.2) is 5.78 Å². The smallest absolute Gasteiger partial charge is 0.326 e. The summed E-state index contributed by atoms with van der Waals surface area (Å²) >= 11 is 0. The van der Waals surface area contributed by atoms with Crippen LogP contribution in [-0.4, -0.2) is 86.8 Å². The van der Waals surface area contributed by atoms with Crippen molar-refractivity contribution in [3.05, 3.63) is 0 Å². The van der Waals surface area contributed by atoms with Crippen LogP contribution in [0.15, 0.2) is 0 Å². The van der Waals surface area contributed by atoms with Crippen molar-refractivity contribution in [3.63, 3.8) is 0 Å². The second-order valence-electron chi connectivity index (χ2n) is 21.7. The highest BCUT2D eigenvalue weighted by Gasteiger charge is 2.47. The van der Waals surface area contributed by atoms with Gasteiger partial charge in [-0.15, -0.1) is 0 Å². The van der Waals surface area contributed by atoms with Gasteiger partial charge >= 0.3 is 11.9 Å². The second kappa shape index (κ2) is 19.5. The van der Waals surface area contributed by atoms with Crippen LogP contribution < -0.4 is 26.6 Å². The van der Waals surface area contributed by atoms with E-state index in [4.69, 9.17) is 0 Å². The number of ketones is 1. The van der Waals surface area contributed by atoms with E-state index in [-0.39, 0.29) is 54.9 Å². The summed E-state index contributed by atoms with van der Waals surface area (Å²) < 4.78 is 0. The molecule has 0 saturated heterocycles. The van der Waals surface area contributed by atoms with Crippen LogP contribution in [0.2, 0.25) is 0 Å². The zero-order valence-electron chi connectivity index (χ0n) is 38.6. The first-order valence-electron chi connectivity index (χ1n) is 20.2. The number of carboxylic acid groups (broad SMARTS) is 2. The van der Waals surface area contributed by atoms with Crippen LogP contribution >= 0.6 is 0 Å². The lowest BCUT2D eigenvalue weighted by molar-refractivity contribution is -0.151. The number of carboxylic acids is 2. The quantitative estimate of drug-likeness (QED) is 0.0620. The number of aliphatic carboxylic acids is 2. The summed E-state index contributed by atoms with van der Waals surface area (Å²) in [5.74, 6) is -3.90. The molecule has 0 aliphatic rings. The van der Waals surface area contributed by atoms with E-state index >= 15 is 0 Å². The Kier molecular flexibility index (Phi) is 18.3. The van der Waals surface area contributed by atoms with Crippen LogP contribution in [-0.2, 0) is 33.6 Å². The molecule has 330 valence electrons. The third-order valence-corrected chi connectivity index (χ3v) is 10.7. The van der Waals surface area contributed by atoms with Crippen LogP contribution in [0.1, 0.15) is 170 Å². The Bertz CT molecular complexity index is 1460. The van der Waals surface area contributed by atoms with Crippen molar-refractivity contribution >= 4 is 41.4 Å². The van der Waals surface area contributed by atoms with Crippen molar-refractivity contribution in [1.82, 2.24) is 26.6 Å². The number of carbonyl (C=O) groups excluding carboxylic acids is 5. The highest BCUT2D eigenvalue weighted by atomic mass is 16.4. The average Bonchev–Trinajstić information content (AvgIpc) is 2.98. The van der Waals surface area contributed by atoms with Gasteiger partial charge in [0, 0.05) is 45.8 Å². The van der Waals surface area contributed by atoms with E-state index in [1.54, 1.807) is 69.2 Å². The van der Waals surface area contributed by atoms with Crippen LogP contribution in [0.25, 0.3) is 0 Å². The molecule has 4 amide bonds. The summed E-state index contributed by atoms with van der Waals surface area (Å²) in [4.78, 5) is 90.0. The van der Waals surface area contributed by atoms with Gasteiger partial charge in [0.2, 0.25) is 23.6 Å². The normalized spacial score (nSPS) is 14.6. The Morgan fingerprint density at radius 2 is 1.07 bits per heavy atom. The van der Waals surface area contributed by atoms with E-state index < -0.39 is 67.9 Å². The molecule has 0 saturated carbocycles. The van der Waals surface area contributed by atoms with Crippen molar-refractivity contribution in [2.75, 3.05) is 6.54 Å². The molecule has 0 aromatic rings. The van der Waals surface area contributed by atoms with E-state index in [9.17, 15) is 43.8 Å². The van der Waals surface area contributed by atoms with Gasteiger partial charge in [-0.25, -0.2) is 4.79 Å². The first-order chi connectivity index (χ1) is 25.2. The molecule has 14 nitrogen and oxygen atoms in total. The predicted molar refractivity (Wildman–Crippen MR) is 223 cm³/mol. The summed E-state index contributed by atoms with van der Waals surface area (Å²) in [6.45, 7) is 32.5. The first-order valence-corrected chi connectivity index (χ1v) is 20.2. The van der Waals surface area contributed by atoms with Crippen LogP contribution in [0.5, 0.6) is 0 Å². The maximum absolute atomic E-state index is 13.8. The van der Waals surface area contributed by atoms with Crippen molar-refractivity contribution in [1.29, 1.82) is 0 Å². The van der Waals surface area contributed by atoms with Crippen molar-refractivity contribution in [2.24, 2.45) is 27.1 Å². The lowest BCUT2D eigenvalue weighted by Gasteiger charge is -2.43. The molecule has 2 atom stereocenters. The first kappa shape index (κ1) is 53.5.